The molecule has 0 aliphatic carbocycles. The predicted octanol–water partition coefficient (Wildman–Crippen LogP) is 7.18. The number of rotatable bonds is 3. The number of benzene rings is 3. The Kier molecular flexibility index (Phi) is 4.51. The Labute approximate surface area is 187 Å². The van der Waals surface area contributed by atoms with Crippen LogP contribution in [0.1, 0.15) is 11.1 Å². The minimum Gasteiger partial charge on any atom is -0.310 e. The summed E-state index contributed by atoms with van der Waals surface area (Å²) < 4.78 is 0. The minimum atomic E-state index is 0.921. The van der Waals surface area contributed by atoms with E-state index in [9.17, 15) is 0 Å². The Hall–Kier alpha value is -4.24. The normalized spacial score (nSPS) is 12.2. The molecule has 0 unspecified atom stereocenters. The van der Waals surface area contributed by atoms with Crippen molar-refractivity contribution in [2.24, 2.45) is 0 Å². The van der Waals surface area contributed by atoms with E-state index in [1.807, 2.05) is 36.7 Å². The first-order chi connectivity index (χ1) is 15.9. The Morgan fingerprint density at radius 1 is 0.531 bits per heavy atom. The molecule has 3 aromatic carbocycles. The van der Waals surface area contributed by atoms with Crippen LogP contribution >= 0.6 is 0 Å². The Morgan fingerprint density at radius 2 is 1.22 bits per heavy atom. The average Bonchev–Trinajstić information content (AvgIpc) is 2.88. The summed E-state index contributed by atoms with van der Waals surface area (Å²) in [7, 11) is 0. The molecule has 1 aliphatic rings. The fraction of sp³-hybridized carbons (Fsp3) is 0.0345. The monoisotopic (exact) mass is 411 g/mol. The van der Waals surface area contributed by atoms with Gasteiger partial charge in [0, 0.05) is 41.3 Å². The Morgan fingerprint density at radius 3 is 1.97 bits per heavy atom. The Bertz CT molecular complexity index is 1390. The van der Waals surface area contributed by atoms with Gasteiger partial charge < -0.3 is 4.90 Å². The van der Waals surface area contributed by atoms with E-state index < -0.39 is 0 Å². The van der Waals surface area contributed by atoms with Gasteiger partial charge in [-0.15, -0.1) is 0 Å². The highest BCUT2D eigenvalue weighted by atomic mass is 15.2. The summed E-state index contributed by atoms with van der Waals surface area (Å²) in [6.07, 6.45) is 4.61. The first kappa shape index (κ1) is 18.5. The quantitative estimate of drug-likeness (QED) is 0.309. The molecule has 0 atom stereocenters. The number of pyridine rings is 2. The van der Waals surface area contributed by atoms with Crippen molar-refractivity contribution in [2.75, 3.05) is 4.90 Å². The number of aromatic nitrogens is 2. The van der Waals surface area contributed by atoms with Gasteiger partial charge in [0.05, 0.1) is 17.1 Å². The second-order valence-electron chi connectivity index (χ2n) is 7.96. The van der Waals surface area contributed by atoms with Crippen LogP contribution in [0.2, 0.25) is 0 Å². The van der Waals surface area contributed by atoms with E-state index in [0.717, 1.165) is 34.6 Å². The molecule has 0 amide bonds. The second kappa shape index (κ2) is 7.78. The summed E-state index contributed by atoms with van der Waals surface area (Å²) in [6.45, 7) is 0. The molecular formula is C29H21N3. The Balaban J connectivity index is 1.53. The fourth-order valence-electron chi connectivity index (χ4n) is 4.44. The molecule has 3 nitrogen and oxygen atoms in total. The van der Waals surface area contributed by atoms with Crippen molar-refractivity contribution in [1.29, 1.82) is 0 Å². The van der Waals surface area contributed by atoms with Crippen LogP contribution in [0.5, 0.6) is 0 Å². The maximum Gasteiger partial charge on any atom is 0.0702 e. The van der Waals surface area contributed by atoms with Gasteiger partial charge in [0.25, 0.3) is 0 Å². The van der Waals surface area contributed by atoms with Crippen LogP contribution in [0, 0.1) is 0 Å². The molecule has 152 valence electrons. The molecule has 0 fully saturated rings. The van der Waals surface area contributed by atoms with E-state index in [2.05, 4.69) is 93.7 Å². The number of anilines is 3. The maximum atomic E-state index is 4.57. The lowest BCUT2D eigenvalue weighted by atomic mass is 9.93. The van der Waals surface area contributed by atoms with Crippen molar-refractivity contribution in [1.82, 2.24) is 9.97 Å². The smallest absolute Gasteiger partial charge is 0.0702 e. The number of para-hydroxylation sites is 1. The van der Waals surface area contributed by atoms with Crippen molar-refractivity contribution < 1.29 is 0 Å². The van der Waals surface area contributed by atoms with Gasteiger partial charge in [-0.2, -0.15) is 0 Å². The molecule has 1 aliphatic heterocycles. The van der Waals surface area contributed by atoms with Crippen LogP contribution in [0.15, 0.2) is 116 Å². The van der Waals surface area contributed by atoms with Gasteiger partial charge in [0.2, 0.25) is 0 Å². The highest BCUT2D eigenvalue weighted by Crippen LogP contribution is 2.45. The third-order valence-electron chi connectivity index (χ3n) is 5.97. The zero-order valence-corrected chi connectivity index (χ0v) is 17.5. The van der Waals surface area contributed by atoms with Crippen molar-refractivity contribution in [3.63, 3.8) is 0 Å². The standard InChI is InChI=1S/C29H21N3/c1-2-13-28-23(8-1)18-24-15-14-22(27-12-4-6-17-31-27)20-29(24)32(28)25-10-7-9-21(19-25)26-11-3-5-16-30-26/h1-17,19-20H,18H2. The van der Waals surface area contributed by atoms with Gasteiger partial charge >= 0.3 is 0 Å². The van der Waals surface area contributed by atoms with Crippen LogP contribution in [-0.4, -0.2) is 9.97 Å². The minimum absolute atomic E-state index is 0.921. The zero-order valence-electron chi connectivity index (χ0n) is 17.5. The molecule has 0 N–H and O–H groups in total. The summed E-state index contributed by atoms with van der Waals surface area (Å²) in [5.41, 5.74) is 10.4. The molecule has 2 aromatic heterocycles. The number of nitrogens with zero attached hydrogens (tertiary/aromatic N) is 3. The fourth-order valence-corrected chi connectivity index (χ4v) is 4.44. The summed E-state index contributed by atoms with van der Waals surface area (Å²) in [4.78, 5) is 11.5. The molecule has 0 saturated carbocycles. The summed E-state index contributed by atoms with van der Waals surface area (Å²) in [6, 6.07) is 36.0. The largest absolute Gasteiger partial charge is 0.310 e. The lowest BCUT2D eigenvalue weighted by Crippen LogP contribution is -2.18. The average molecular weight is 412 g/mol. The highest BCUT2D eigenvalue weighted by molar-refractivity contribution is 5.86. The molecule has 0 saturated heterocycles. The molecule has 32 heavy (non-hydrogen) atoms. The molecule has 0 radical (unpaired) electrons. The van der Waals surface area contributed by atoms with Crippen molar-refractivity contribution in [2.45, 2.75) is 6.42 Å². The van der Waals surface area contributed by atoms with Gasteiger partial charge in [-0.05, 0) is 59.7 Å². The van der Waals surface area contributed by atoms with E-state index in [4.69, 9.17) is 0 Å². The van der Waals surface area contributed by atoms with Crippen LogP contribution in [0.4, 0.5) is 17.1 Å². The topological polar surface area (TPSA) is 29.0 Å². The predicted molar refractivity (Wildman–Crippen MR) is 130 cm³/mol. The van der Waals surface area contributed by atoms with E-state index in [0.29, 0.717) is 0 Å². The summed E-state index contributed by atoms with van der Waals surface area (Å²) in [5, 5.41) is 0. The van der Waals surface area contributed by atoms with Gasteiger partial charge in [0.1, 0.15) is 0 Å². The summed E-state index contributed by atoms with van der Waals surface area (Å²) >= 11 is 0. The van der Waals surface area contributed by atoms with Gasteiger partial charge in [-0.25, -0.2) is 0 Å². The van der Waals surface area contributed by atoms with E-state index in [1.54, 1.807) is 0 Å². The van der Waals surface area contributed by atoms with Gasteiger partial charge in [-0.3, -0.25) is 9.97 Å². The first-order valence-corrected chi connectivity index (χ1v) is 10.8. The van der Waals surface area contributed by atoms with Crippen LogP contribution in [-0.2, 0) is 6.42 Å². The van der Waals surface area contributed by atoms with Crippen molar-refractivity contribution in [3.05, 3.63) is 127 Å². The van der Waals surface area contributed by atoms with Crippen molar-refractivity contribution in [3.8, 4) is 22.5 Å². The zero-order chi connectivity index (χ0) is 21.3. The molecule has 0 bridgehead atoms. The highest BCUT2D eigenvalue weighted by Gasteiger charge is 2.24. The van der Waals surface area contributed by atoms with Gasteiger partial charge in [0.15, 0.2) is 0 Å². The second-order valence-corrected chi connectivity index (χ2v) is 7.96. The van der Waals surface area contributed by atoms with Crippen molar-refractivity contribution >= 4 is 17.1 Å². The number of hydrogen-bond acceptors (Lipinski definition) is 3. The lowest BCUT2D eigenvalue weighted by Gasteiger charge is -2.34. The number of fused-ring (bicyclic) bond motifs is 2. The van der Waals surface area contributed by atoms with Gasteiger partial charge in [-0.1, -0.05) is 54.6 Å². The maximum absolute atomic E-state index is 4.57. The van der Waals surface area contributed by atoms with Crippen LogP contribution in [0.3, 0.4) is 0 Å². The molecule has 0 spiro atoms. The van der Waals surface area contributed by atoms with Crippen LogP contribution in [0.25, 0.3) is 22.5 Å². The van der Waals surface area contributed by atoms with Crippen LogP contribution < -0.4 is 4.90 Å². The SMILES string of the molecule is c1ccc(-c2cccc(N3c4ccccc4Cc4ccc(-c5ccccn5)cc43)c2)nc1. The molecule has 6 rings (SSSR count). The van der Waals surface area contributed by atoms with E-state index >= 15 is 0 Å². The van der Waals surface area contributed by atoms with E-state index in [-0.39, 0.29) is 0 Å². The third-order valence-corrected chi connectivity index (χ3v) is 5.97. The lowest BCUT2D eigenvalue weighted by molar-refractivity contribution is 1.09. The molecule has 3 heteroatoms. The molecule has 5 aromatic rings. The van der Waals surface area contributed by atoms with E-state index in [1.165, 1.54) is 22.5 Å². The molecule has 3 heterocycles. The molecular weight excluding hydrogens is 390 g/mol. The number of hydrogen-bond donors (Lipinski definition) is 0. The third kappa shape index (κ3) is 3.25. The first-order valence-electron chi connectivity index (χ1n) is 10.8. The summed E-state index contributed by atoms with van der Waals surface area (Å²) in [5.74, 6) is 0.